The van der Waals surface area contributed by atoms with Gasteiger partial charge in [0.2, 0.25) is 0 Å². The third-order valence-corrected chi connectivity index (χ3v) is 3.28. The molecule has 0 aliphatic heterocycles. The largest absolute Gasteiger partial charge is 0.348 e. The Morgan fingerprint density at radius 2 is 1.86 bits per heavy atom. The Labute approximate surface area is 128 Å². The smallest absolute Gasteiger partial charge is 0.251 e. The van der Waals surface area contributed by atoms with Gasteiger partial charge in [0.15, 0.2) is 11.6 Å². The molecule has 2 aromatic carbocycles. The molecule has 0 saturated carbocycles. The summed E-state index contributed by atoms with van der Waals surface area (Å²) in [5.41, 5.74) is 2.18. The summed E-state index contributed by atoms with van der Waals surface area (Å²) < 4.78 is 27.9. The molecule has 0 radical (unpaired) electrons. The van der Waals surface area contributed by atoms with Crippen LogP contribution >= 0.6 is 15.9 Å². The highest BCUT2D eigenvalue weighted by Crippen LogP contribution is 2.19. The lowest BCUT2D eigenvalue weighted by Crippen LogP contribution is -2.23. The van der Waals surface area contributed by atoms with Crippen LogP contribution in [0.25, 0.3) is 0 Å². The fourth-order valence-corrected chi connectivity index (χ4v) is 2.22. The van der Waals surface area contributed by atoms with Crippen molar-refractivity contribution in [3.8, 4) is 0 Å². The van der Waals surface area contributed by atoms with E-state index in [1.807, 2.05) is 29.7 Å². The maximum Gasteiger partial charge on any atom is 0.251 e. The minimum atomic E-state index is -0.926. The lowest BCUT2D eigenvalue weighted by molar-refractivity contribution is 0.0950. The molecule has 2 rings (SSSR count). The van der Waals surface area contributed by atoms with Crippen molar-refractivity contribution in [3.63, 3.8) is 0 Å². The Morgan fingerprint density at radius 1 is 1.19 bits per heavy atom. The summed E-state index contributed by atoms with van der Waals surface area (Å²) in [6.07, 6.45) is 0. The van der Waals surface area contributed by atoms with Crippen molar-refractivity contribution in [3.05, 3.63) is 63.6 Å². The highest BCUT2D eigenvalue weighted by Gasteiger charge is 2.14. The highest BCUT2D eigenvalue weighted by molar-refractivity contribution is 9.10. The highest BCUT2D eigenvalue weighted by atomic mass is 79.9. The number of carbonyl (C=O) groups is 1. The molecule has 0 heterocycles. The molecule has 4 N–H and O–H groups in total. The van der Waals surface area contributed by atoms with Crippen molar-refractivity contribution in [2.75, 3.05) is 5.43 Å². The van der Waals surface area contributed by atoms with Gasteiger partial charge in [0, 0.05) is 16.6 Å². The van der Waals surface area contributed by atoms with Gasteiger partial charge in [-0.1, -0.05) is 28.1 Å². The standard InChI is InChI=1S/C14H12BrF2N3O/c15-10-3-1-2-8(4-10)7-19-14(21)9-5-11(16)13(20-18)12(17)6-9/h1-6,20H,7,18H2,(H,19,21). The van der Waals surface area contributed by atoms with Crippen LogP contribution in [-0.2, 0) is 6.54 Å². The van der Waals surface area contributed by atoms with E-state index in [0.717, 1.165) is 22.2 Å². The van der Waals surface area contributed by atoms with Crippen molar-refractivity contribution in [1.29, 1.82) is 0 Å². The SMILES string of the molecule is NNc1c(F)cc(C(=O)NCc2cccc(Br)c2)cc1F. The first-order valence-corrected chi connectivity index (χ1v) is 6.79. The number of nitrogens with one attached hydrogen (secondary N) is 2. The van der Waals surface area contributed by atoms with E-state index < -0.39 is 23.2 Å². The number of rotatable bonds is 4. The van der Waals surface area contributed by atoms with Gasteiger partial charge in [0.1, 0.15) is 5.69 Å². The second-order valence-electron chi connectivity index (χ2n) is 4.27. The predicted octanol–water partition coefficient (Wildman–Crippen LogP) is 2.94. The number of benzene rings is 2. The number of nitrogens with two attached hydrogens (primary N) is 1. The number of hydrogen-bond acceptors (Lipinski definition) is 3. The van der Waals surface area contributed by atoms with Crippen LogP contribution in [0.5, 0.6) is 0 Å². The maximum atomic E-state index is 13.5. The summed E-state index contributed by atoms with van der Waals surface area (Å²) in [5.74, 6) is 2.57. The Balaban J connectivity index is 2.10. The van der Waals surface area contributed by atoms with Gasteiger partial charge in [0.25, 0.3) is 5.91 Å². The molecular formula is C14H12BrF2N3O. The van der Waals surface area contributed by atoms with Crippen molar-refractivity contribution >= 4 is 27.5 Å². The van der Waals surface area contributed by atoms with Gasteiger partial charge in [-0.2, -0.15) is 0 Å². The minimum absolute atomic E-state index is 0.112. The fraction of sp³-hybridized carbons (Fsp3) is 0.0714. The average molecular weight is 356 g/mol. The normalized spacial score (nSPS) is 10.3. The van der Waals surface area contributed by atoms with Crippen LogP contribution in [0.1, 0.15) is 15.9 Å². The maximum absolute atomic E-state index is 13.5. The van der Waals surface area contributed by atoms with Crippen molar-refractivity contribution in [2.45, 2.75) is 6.54 Å². The molecule has 7 heteroatoms. The topological polar surface area (TPSA) is 67.1 Å². The van der Waals surface area contributed by atoms with E-state index >= 15 is 0 Å². The van der Waals surface area contributed by atoms with Crippen molar-refractivity contribution in [2.24, 2.45) is 5.84 Å². The molecule has 0 aliphatic carbocycles. The Morgan fingerprint density at radius 3 is 2.43 bits per heavy atom. The molecule has 0 unspecified atom stereocenters. The zero-order chi connectivity index (χ0) is 15.4. The summed E-state index contributed by atoms with van der Waals surface area (Å²) in [4.78, 5) is 11.9. The summed E-state index contributed by atoms with van der Waals surface area (Å²) in [6, 6.07) is 9.20. The van der Waals surface area contributed by atoms with Crippen LogP contribution < -0.4 is 16.6 Å². The van der Waals surface area contributed by atoms with Crippen LogP contribution in [0.3, 0.4) is 0 Å². The quantitative estimate of drug-likeness (QED) is 0.583. The number of nitrogen functional groups attached to an aromatic ring is 1. The zero-order valence-electron chi connectivity index (χ0n) is 10.8. The monoisotopic (exact) mass is 355 g/mol. The summed E-state index contributed by atoms with van der Waals surface area (Å²) in [7, 11) is 0. The van der Waals surface area contributed by atoms with Crippen molar-refractivity contribution < 1.29 is 13.6 Å². The molecule has 0 bridgehead atoms. The number of hydrazine groups is 1. The number of halogens is 3. The molecule has 1 amide bonds. The first kappa shape index (κ1) is 15.4. The first-order chi connectivity index (χ1) is 10.0. The van der Waals surface area contributed by atoms with E-state index in [2.05, 4.69) is 21.2 Å². The predicted molar refractivity (Wildman–Crippen MR) is 79.5 cm³/mol. The van der Waals surface area contributed by atoms with E-state index in [0.29, 0.717) is 0 Å². The van der Waals surface area contributed by atoms with E-state index in [9.17, 15) is 13.6 Å². The molecule has 0 spiro atoms. The van der Waals surface area contributed by atoms with Gasteiger partial charge in [-0.25, -0.2) is 8.78 Å². The number of anilines is 1. The van der Waals surface area contributed by atoms with Gasteiger partial charge in [-0.05, 0) is 29.8 Å². The van der Waals surface area contributed by atoms with Gasteiger partial charge >= 0.3 is 0 Å². The molecule has 0 atom stereocenters. The molecule has 4 nitrogen and oxygen atoms in total. The molecule has 0 fully saturated rings. The second-order valence-corrected chi connectivity index (χ2v) is 5.19. The van der Waals surface area contributed by atoms with Crippen LogP contribution in [0.4, 0.5) is 14.5 Å². The van der Waals surface area contributed by atoms with Gasteiger partial charge in [-0.3, -0.25) is 10.6 Å². The minimum Gasteiger partial charge on any atom is -0.348 e. The van der Waals surface area contributed by atoms with Gasteiger partial charge in [0.05, 0.1) is 0 Å². The van der Waals surface area contributed by atoms with Crippen LogP contribution in [0.2, 0.25) is 0 Å². The summed E-state index contributed by atoms with van der Waals surface area (Å²) >= 11 is 3.32. The zero-order valence-corrected chi connectivity index (χ0v) is 12.4. The lowest BCUT2D eigenvalue weighted by atomic mass is 10.1. The first-order valence-electron chi connectivity index (χ1n) is 5.99. The molecular weight excluding hydrogens is 344 g/mol. The van der Waals surface area contributed by atoms with E-state index in [-0.39, 0.29) is 12.1 Å². The van der Waals surface area contributed by atoms with Crippen LogP contribution in [-0.4, -0.2) is 5.91 Å². The summed E-state index contributed by atoms with van der Waals surface area (Å²) in [6.45, 7) is 0.248. The van der Waals surface area contributed by atoms with Gasteiger partial charge in [-0.15, -0.1) is 0 Å². The van der Waals surface area contributed by atoms with E-state index in [4.69, 9.17) is 5.84 Å². The van der Waals surface area contributed by atoms with Gasteiger partial charge < -0.3 is 10.7 Å². The lowest BCUT2D eigenvalue weighted by Gasteiger charge is -2.08. The third-order valence-electron chi connectivity index (χ3n) is 2.79. The molecule has 0 aromatic heterocycles. The molecule has 0 aliphatic rings. The van der Waals surface area contributed by atoms with E-state index in [1.165, 1.54) is 0 Å². The summed E-state index contributed by atoms with van der Waals surface area (Å²) in [5, 5.41) is 2.59. The Hall–Kier alpha value is -1.99. The van der Waals surface area contributed by atoms with Crippen LogP contribution in [0.15, 0.2) is 40.9 Å². The third kappa shape index (κ3) is 3.77. The van der Waals surface area contributed by atoms with E-state index in [1.54, 1.807) is 0 Å². The number of hydrogen-bond donors (Lipinski definition) is 3. The Bertz CT molecular complexity index is 656. The Kier molecular flexibility index (Phi) is 4.87. The second kappa shape index (κ2) is 6.64. The number of amides is 1. The molecule has 110 valence electrons. The molecule has 2 aromatic rings. The molecule has 21 heavy (non-hydrogen) atoms. The van der Waals surface area contributed by atoms with Crippen molar-refractivity contribution in [1.82, 2.24) is 5.32 Å². The number of carbonyl (C=O) groups excluding carboxylic acids is 1. The molecule has 0 saturated heterocycles. The average Bonchev–Trinajstić information content (AvgIpc) is 2.44. The van der Waals surface area contributed by atoms with Crippen LogP contribution in [0, 0.1) is 11.6 Å². The fourth-order valence-electron chi connectivity index (χ4n) is 1.77.